The lowest BCUT2D eigenvalue weighted by Gasteiger charge is -2.22. The van der Waals surface area contributed by atoms with Crippen molar-refractivity contribution in [1.29, 1.82) is 0 Å². The van der Waals surface area contributed by atoms with Crippen molar-refractivity contribution in [2.45, 2.75) is 44.9 Å². The van der Waals surface area contributed by atoms with Crippen molar-refractivity contribution in [1.82, 2.24) is 4.98 Å². The zero-order chi connectivity index (χ0) is 19.8. The van der Waals surface area contributed by atoms with Crippen LogP contribution in [-0.4, -0.2) is 17.6 Å². The molecule has 0 radical (unpaired) electrons. The van der Waals surface area contributed by atoms with Crippen molar-refractivity contribution in [3.8, 4) is 0 Å². The topological polar surface area (TPSA) is 95.4 Å². The molecular weight excluding hydrogens is 363 g/mol. The van der Waals surface area contributed by atoms with Crippen LogP contribution in [-0.2, 0) is 4.74 Å². The lowest BCUT2D eigenvalue weighted by molar-refractivity contribution is 0.0527. The highest BCUT2D eigenvalue weighted by Crippen LogP contribution is 2.35. The van der Waals surface area contributed by atoms with Crippen LogP contribution in [0.25, 0.3) is 22.1 Å². The van der Waals surface area contributed by atoms with E-state index in [-0.39, 0.29) is 57.2 Å². The number of benzene rings is 1. The first-order valence-corrected chi connectivity index (χ1v) is 9.53. The number of nitrogens with two attached hydrogens (primary N) is 1. The van der Waals surface area contributed by atoms with Crippen molar-refractivity contribution >= 4 is 33.9 Å². The van der Waals surface area contributed by atoms with Crippen LogP contribution in [0.2, 0.25) is 0 Å². The molecule has 1 aliphatic carbocycles. The number of esters is 1. The number of carbonyl (C=O) groups excluding carboxylic acids is 1. The highest BCUT2D eigenvalue weighted by molar-refractivity contribution is 5.99. The Hall–Kier alpha value is -2.96. The van der Waals surface area contributed by atoms with Gasteiger partial charge in [-0.3, -0.25) is 4.79 Å². The fourth-order valence-corrected chi connectivity index (χ4v) is 3.93. The van der Waals surface area contributed by atoms with Crippen molar-refractivity contribution in [3.05, 3.63) is 45.4 Å². The third kappa shape index (κ3) is 3.10. The van der Waals surface area contributed by atoms with Gasteiger partial charge < -0.3 is 14.9 Å². The van der Waals surface area contributed by atoms with Crippen LogP contribution in [0.4, 0.5) is 10.2 Å². The lowest BCUT2D eigenvalue weighted by atomic mass is 9.83. The first kappa shape index (κ1) is 18.4. The van der Waals surface area contributed by atoms with Crippen molar-refractivity contribution in [3.63, 3.8) is 0 Å². The molecule has 1 saturated carbocycles. The summed E-state index contributed by atoms with van der Waals surface area (Å²) in [7, 11) is 0. The van der Waals surface area contributed by atoms with E-state index < -0.39 is 5.97 Å². The van der Waals surface area contributed by atoms with E-state index >= 15 is 0 Å². The number of nitrogen functional groups attached to an aromatic ring is 1. The van der Waals surface area contributed by atoms with Gasteiger partial charge in [-0.1, -0.05) is 19.3 Å². The second-order valence-corrected chi connectivity index (χ2v) is 7.13. The molecule has 0 atom stereocenters. The molecule has 146 valence electrons. The molecule has 7 heteroatoms. The Labute approximate surface area is 160 Å². The second kappa shape index (κ2) is 7.22. The minimum atomic E-state index is -0.657. The number of carbonyl (C=O) groups is 1. The zero-order valence-corrected chi connectivity index (χ0v) is 15.6. The van der Waals surface area contributed by atoms with Crippen LogP contribution in [0.3, 0.4) is 0 Å². The molecule has 1 aliphatic rings. The molecule has 28 heavy (non-hydrogen) atoms. The molecule has 0 amide bonds. The summed E-state index contributed by atoms with van der Waals surface area (Å²) in [6, 6.07) is 4.17. The summed E-state index contributed by atoms with van der Waals surface area (Å²) in [6.07, 6.45) is 5.09. The maximum absolute atomic E-state index is 14.7. The number of ether oxygens (including phenoxy) is 1. The molecule has 6 nitrogen and oxygen atoms in total. The summed E-state index contributed by atoms with van der Waals surface area (Å²) < 4.78 is 25.3. The van der Waals surface area contributed by atoms with Gasteiger partial charge in [0, 0.05) is 6.07 Å². The van der Waals surface area contributed by atoms with E-state index in [9.17, 15) is 14.0 Å². The fraction of sp³-hybridized carbons (Fsp3) is 0.381. The van der Waals surface area contributed by atoms with Gasteiger partial charge >= 0.3 is 5.97 Å². The van der Waals surface area contributed by atoms with Gasteiger partial charge in [0.05, 0.1) is 17.4 Å². The van der Waals surface area contributed by atoms with Crippen LogP contribution in [0, 0.1) is 5.82 Å². The molecule has 1 aromatic carbocycles. The normalized spacial score (nSPS) is 15.2. The summed E-state index contributed by atoms with van der Waals surface area (Å²) in [5.41, 5.74) is 6.09. The summed E-state index contributed by atoms with van der Waals surface area (Å²) in [6.45, 7) is 1.85. The number of rotatable bonds is 3. The fourth-order valence-electron chi connectivity index (χ4n) is 3.93. The summed E-state index contributed by atoms with van der Waals surface area (Å²) >= 11 is 0. The minimum Gasteiger partial charge on any atom is -0.462 e. The van der Waals surface area contributed by atoms with Gasteiger partial charge in [-0.25, -0.2) is 9.18 Å². The quantitative estimate of drug-likeness (QED) is 0.535. The number of hydrogen-bond donors (Lipinski definition) is 1. The van der Waals surface area contributed by atoms with Crippen LogP contribution in [0.5, 0.6) is 0 Å². The van der Waals surface area contributed by atoms with E-state index in [1.165, 1.54) is 12.1 Å². The van der Waals surface area contributed by atoms with Gasteiger partial charge in [-0.2, -0.15) is 4.98 Å². The van der Waals surface area contributed by atoms with Gasteiger partial charge in [-0.05, 0) is 43.4 Å². The molecule has 1 fully saturated rings. The number of anilines is 1. The van der Waals surface area contributed by atoms with E-state index in [1.54, 1.807) is 13.0 Å². The Kier molecular flexibility index (Phi) is 4.75. The molecule has 4 rings (SSSR count). The molecule has 0 unspecified atom stereocenters. The number of fused-ring (bicyclic) bond motifs is 2. The summed E-state index contributed by atoms with van der Waals surface area (Å²) in [4.78, 5) is 29.1. The predicted molar refractivity (Wildman–Crippen MR) is 104 cm³/mol. The lowest BCUT2D eigenvalue weighted by Crippen LogP contribution is -2.13. The standard InChI is InChI=1S/C21H21FN2O4/c1-2-27-21(26)15-9-14-18(25)13-8-12(11-6-4-3-5-7-11)16(22)10-17(13)28-20(14)24-19(15)23/h8-11H,2-7H2,1H3,(H2,23,24). The molecule has 2 heterocycles. The van der Waals surface area contributed by atoms with E-state index in [0.29, 0.717) is 5.56 Å². The first-order valence-electron chi connectivity index (χ1n) is 9.53. The number of aromatic nitrogens is 1. The smallest absolute Gasteiger partial charge is 0.341 e. The molecule has 0 saturated heterocycles. The van der Waals surface area contributed by atoms with E-state index in [0.717, 1.165) is 32.1 Å². The Morgan fingerprint density at radius 1 is 1.25 bits per heavy atom. The van der Waals surface area contributed by atoms with E-state index in [2.05, 4.69) is 4.98 Å². The van der Waals surface area contributed by atoms with Crippen LogP contribution in [0.1, 0.15) is 60.9 Å². The van der Waals surface area contributed by atoms with Gasteiger partial charge in [-0.15, -0.1) is 0 Å². The molecule has 2 aromatic heterocycles. The SMILES string of the molecule is CCOC(=O)c1cc2c(=O)c3cc(C4CCCCC4)c(F)cc3oc2nc1N. The van der Waals surface area contributed by atoms with Crippen molar-refractivity contribution < 1.29 is 18.3 Å². The average molecular weight is 384 g/mol. The highest BCUT2D eigenvalue weighted by atomic mass is 19.1. The van der Waals surface area contributed by atoms with Crippen molar-refractivity contribution in [2.24, 2.45) is 0 Å². The first-order chi connectivity index (χ1) is 13.5. The maximum Gasteiger partial charge on any atom is 0.341 e. The van der Waals surface area contributed by atoms with Gasteiger partial charge in [0.1, 0.15) is 22.8 Å². The van der Waals surface area contributed by atoms with Gasteiger partial charge in [0.15, 0.2) is 0 Å². The Bertz CT molecular complexity index is 1130. The van der Waals surface area contributed by atoms with Gasteiger partial charge in [0.2, 0.25) is 11.1 Å². The van der Waals surface area contributed by atoms with Crippen LogP contribution < -0.4 is 11.2 Å². The predicted octanol–water partition coefficient (Wildman–Crippen LogP) is 4.29. The number of pyridine rings is 1. The van der Waals surface area contributed by atoms with Crippen LogP contribution >= 0.6 is 0 Å². The largest absolute Gasteiger partial charge is 0.462 e. The van der Waals surface area contributed by atoms with Crippen molar-refractivity contribution in [2.75, 3.05) is 12.3 Å². The van der Waals surface area contributed by atoms with Gasteiger partial charge in [0.25, 0.3) is 0 Å². The Balaban J connectivity index is 1.92. The minimum absolute atomic E-state index is 0.00983. The second-order valence-electron chi connectivity index (χ2n) is 7.13. The molecule has 0 bridgehead atoms. The average Bonchev–Trinajstić information content (AvgIpc) is 2.68. The van der Waals surface area contributed by atoms with E-state index in [4.69, 9.17) is 14.9 Å². The highest BCUT2D eigenvalue weighted by Gasteiger charge is 2.22. The molecule has 2 N–H and O–H groups in total. The van der Waals surface area contributed by atoms with Crippen LogP contribution in [0.15, 0.2) is 27.4 Å². The number of halogens is 1. The Morgan fingerprint density at radius 2 is 2.00 bits per heavy atom. The maximum atomic E-state index is 14.7. The third-order valence-electron chi connectivity index (χ3n) is 5.35. The summed E-state index contributed by atoms with van der Waals surface area (Å²) in [5.74, 6) is -1.03. The zero-order valence-electron chi connectivity index (χ0n) is 15.6. The third-order valence-corrected chi connectivity index (χ3v) is 5.35. The molecular formula is C21H21FN2O4. The summed E-state index contributed by atoms with van der Waals surface area (Å²) in [5, 5.41) is 0.391. The molecule has 3 aromatic rings. The monoisotopic (exact) mass is 384 g/mol. The molecule has 0 aliphatic heterocycles. The Morgan fingerprint density at radius 3 is 2.71 bits per heavy atom. The number of nitrogens with zero attached hydrogens (tertiary/aromatic N) is 1. The van der Waals surface area contributed by atoms with E-state index in [1.807, 2.05) is 0 Å². The number of hydrogen-bond acceptors (Lipinski definition) is 6. The molecule has 0 spiro atoms.